The van der Waals surface area contributed by atoms with E-state index in [-0.39, 0.29) is 5.91 Å². The zero-order valence-electron chi connectivity index (χ0n) is 12.0. The fourth-order valence-corrected chi connectivity index (χ4v) is 2.32. The minimum absolute atomic E-state index is 0.0632. The second-order valence-electron chi connectivity index (χ2n) is 4.77. The van der Waals surface area contributed by atoms with Gasteiger partial charge in [-0.15, -0.1) is 0 Å². The van der Waals surface area contributed by atoms with Crippen LogP contribution < -0.4 is 4.74 Å². The van der Waals surface area contributed by atoms with Crippen molar-refractivity contribution >= 4 is 21.8 Å². The van der Waals surface area contributed by atoms with Crippen LogP contribution in [0.5, 0.6) is 5.75 Å². The summed E-state index contributed by atoms with van der Waals surface area (Å²) in [5.41, 5.74) is 1.04. The van der Waals surface area contributed by atoms with Gasteiger partial charge in [0.05, 0.1) is 0 Å². The molecule has 0 aliphatic heterocycles. The van der Waals surface area contributed by atoms with Crippen LogP contribution in [-0.4, -0.2) is 28.9 Å². The van der Waals surface area contributed by atoms with Gasteiger partial charge in [-0.3, -0.25) is 9.78 Å². The van der Waals surface area contributed by atoms with Crippen LogP contribution >= 0.6 is 15.9 Å². The van der Waals surface area contributed by atoms with Crippen molar-refractivity contribution in [3.05, 3.63) is 58.8 Å². The van der Waals surface area contributed by atoms with Crippen molar-refractivity contribution in [3.8, 4) is 5.75 Å². The van der Waals surface area contributed by atoms with E-state index in [2.05, 4.69) is 20.9 Å². The molecule has 1 aromatic carbocycles. The highest BCUT2D eigenvalue weighted by atomic mass is 79.9. The fraction of sp³-hybridized carbons (Fsp3) is 0.250. The molecular formula is C16H17BrN2O2. The number of benzene rings is 1. The number of hydrogen-bond acceptors (Lipinski definition) is 3. The van der Waals surface area contributed by atoms with Gasteiger partial charge in [0.1, 0.15) is 5.75 Å². The van der Waals surface area contributed by atoms with E-state index >= 15 is 0 Å². The highest BCUT2D eigenvalue weighted by molar-refractivity contribution is 9.10. The van der Waals surface area contributed by atoms with Gasteiger partial charge in [-0.1, -0.05) is 22.0 Å². The summed E-state index contributed by atoms with van der Waals surface area (Å²) in [6, 6.07) is 11.2. The molecule has 0 saturated carbocycles. The molecule has 1 heterocycles. The number of aromatic nitrogens is 1. The summed E-state index contributed by atoms with van der Waals surface area (Å²) in [7, 11) is 1.77. The first-order valence-corrected chi connectivity index (χ1v) is 7.41. The third-order valence-corrected chi connectivity index (χ3v) is 3.50. The first kappa shape index (κ1) is 15.5. The summed E-state index contributed by atoms with van der Waals surface area (Å²) in [6.45, 7) is 2.29. The Labute approximate surface area is 132 Å². The number of ether oxygens (including phenoxy) is 1. The van der Waals surface area contributed by atoms with Crippen LogP contribution in [0.25, 0.3) is 0 Å². The molecule has 0 aliphatic rings. The maximum absolute atomic E-state index is 12.3. The number of amides is 1. The summed E-state index contributed by atoms with van der Waals surface area (Å²) in [6.07, 6.45) is 2.90. The first-order valence-electron chi connectivity index (χ1n) is 6.62. The van der Waals surface area contributed by atoms with E-state index in [0.29, 0.717) is 12.3 Å². The largest absolute Gasteiger partial charge is 0.481 e. The average molecular weight is 349 g/mol. The number of nitrogens with zero attached hydrogens (tertiary/aromatic N) is 2. The predicted molar refractivity (Wildman–Crippen MR) is 84.9 cm³/mol. The monoisotopic (exact) mass is 348 g/mol. The van der Waals surface area contributed by atoms with E-state index in [0.717, 1.165) is 10.0 Å². The number of carbonyl (C=O) groups excluding carboxylic acids is 1. The zero-order valence-corrected chi connectivity index (χ0v) is 13.6. The van der Waals surface area contributed by atoms with Gasteiger partial charge < -0.3 is 9.64 Å². The molecule has 1 aromatic heterocycles. The standard InChI is InChI=1S/C16H17BrN2O2/c1-12(21-15-5-3-4-14(17)10-15)16(20)19(2)11-13-6-8-18-9-7-13/h3-10,12H,11H2,1-2H3/t12-/m1/s1. The van der Waals surface area contributed by atoms with E-state index in [1.807, 2.05) is 36.4 Å². The number of carbonyl (C=O) groups is 1. The molecule has 0 radical (unpaired) electrons. The topological polar surface area (TPSA) is 42.4 Å². The van der Waals surface area contributed by atoms with E-state index in [1.54, 1.807) is 31.3 Å². The molecule has 0 aliphatic carbocycles. The quantitative estimate of drug-likeness (QED) is 0.832. The molecule has 2 aromatic rings. The van der Waals surface area contributed by atoms with Crippen molar-refractivity contribution in [3.63, 3.8) is 0 Å². The third-order valence-electron chi connectivity index (χ3n) is 3.00. The Morgan fingerprint density at radius 1 is 1.33 bits per heavy atom. The van der Waals surface area contributed by atoms with Crippen LogP contribution in [-0.2, 0) is 11.3 Å². The minimum Gasteiger partial charge on any atom is -0.481 e. The number of pyridine rings is 1. The molecule has 0 N–H and O–H groups in total. The smallest absolute Gasteiger partial charge is 0.263 e. The summed E-state index contributed by atoms with van der Waals surface area (Å²) in [5.74, 6) is 0.606. The van der Waals surface area contributed by atoms with Crippen LogP contribution in [0.2, 0.25) is 0 Å². The summed E-state index contributed by atoms with van der Waals surface area (Å²) >= 11 is 3.38. The van der Waals surface area contributed by atoms with Crippen LogP contribution in [0.1, 0.15) is 12.5 Å². The molecule has 0 bridgehead atoms. The van der Waals surface area contributed by atoms with Gasteiger partial charge in [-0.25, -0.2) is 0 Å². The van der Waals surface area contributed by atoms with Crippen LogP contribution in [0.15, 0.2) is 53.3 Å². The van der Waals surface area contributed by atoms with Gasteiger partial charge in [0, 0.05) is 30.5 Å². The second-order valence-corrected chi connectivity index (χ2v) is 5.68. The Hall–Kier alpha value is -1.88. The second kappa shape index (κ2) is 7.22. The van der Waals surface area contributed by atoms with Crippen LogP contribution in [0, 0.1) is 0 Å². The minimum atomic E-state index is -0.536. The van der Waals surface area contributed by atoms with Crippen molar-refractivity contribution < 1.29 is 9.53 Å². The van der Waals surface area contributed by atoms with Crippen molar-refractivity contribution in [1.29, 1.82) is 0 Å². The molecule has 21 heavy (non-hydrogen) atoms. The van der Waals surface area contributed by atoms with Crippen molar-refractivity contribution in [2.45, 2.75) is 19.6 Å². The van der Waals surface area contributed by atoms with E-state index in [9.17, 15) is 4.79 Å². The molecule has 4 nitrogen and oxygen atoms in total. The van der Waals surface area contributed by atoms with Crippen molar-refractivity contribution in [2.75, 3.05) is 7.05 Å². The predicted octanol–water partition coefficient (Wildman–Crippen LogP) is 3.27. The molecule has 5 heteroatoms. The zero-order chi connectivity index (χ0) is 15.2. The van der Waals surface area contributed by atoms with Gasteiger partial charge in [0.15, 0.2) is 6.10 Å². The number of halogens is 1. The lowest BCUT2D eigenvalue weighted by molar-refractivity contribution is -0.137. The van der Waals surface area contributed by atoms with Crippen LogP contribution in [0.3, 0.4) is 0 Å². The molecule has 0 spiro atoms. The molecule has 1 atom stereocenters. The van der Waals surface area contributed by atoms with Crippen molar-refractivity contribution in [1.82, 2.24) is 9.88 Å². The highest BCUT2D eigenvalue weighted by Crippen LogP contribution is 2.19. The van der Waals surface area contributed by atoms with E-state index in [1.165, 1.54) is 0 Å². The molecular weight excluding hydrogens is 332 g/mol. The van der Waals surface area contributed by atoms with Gasteiger partial charge in [0.2, 0.25) is 0 Å². The molecule has 2 rings (SSSR count). The molecule has 0 unspecified atom stereocenters. The Kier molecular flexibility index (Phi) is 5.33. The number of rotatable bonds is 5. The normalized spacial score (nSPS) is 11.8. The number of likely N-dealkylation sites (N-methyl/N-ethyl adjacent to an activating group) is 1. The van der Waals surface area contributed by atoms with Crippen molar-refractivity contribution in [2.24, 2.45) is 0 Å². The van der Waals surface area contributed by atoms with E-state index < -0.39 is 6.10 Å². The highest BCUT2D eigenvalue weighted by Gasteiger charge is 2.19. The molecule has 110 valence electrons. The summed E-state index contributed by atoms with van der Waals surface area (Å²) in [5, 5.41) is 0. The van der Waals surface area contributed by atoms with Gasteiger partial charge in [0.25, 0.3) is 5.91 Å². The third kappa shape index (κ3) is 4.56. The molecule has 1 amide bonds. The summed E-state index contributed by atoms with van der Waals surface area (Å²) in [4.78, 5) is 17.9. The van der Waals surface area contributed by atoms with Gasteiger partial charge >= 0.3 is 0 Å². The lowest BCUT2D eigenvalue weighted by atomic mass is 10.2. The van der Waals surface area contributed by atoms with Crippen LogP contribution in [0.4, 0.5) is 0 Å². The Balaban J connectivity index is 1.95. The Bertz CT molecular complexity index is 604. The average Bonchev–Trinajstić information content (AvgIpc) is 2.47. The lowest BCUT2D eigenvalue weighted by Gasteiger charge is -2.22. The summed E-state index contributed by atoms with van der Waals surface area (Å²) < 4.78 is 6.60. The van der Waals surface area contributed by atoms with Gasteiger partial charge in [-0.05, 0) is 42.8 Å². The molecule has 0 saturated heterocycles. The van der Waals surface area contributed by atoms with Gasteiger partial charge in [-0.2, -0.15) is 0 Å². The van der Waals surface area contributed by atoms with E-state index in [4.69, 9.17) is 4.74 Å². The fourth-order valence-electron chi connectivity index (χ4n) is 1.95. The first-order chi connectivity index (χ1) is 10.1. The SMILES string of the molecule is C[C@@H](Oc1cccc(Br)c1)C(=O)N(C)Cc1ccncc1. The Morgan fingerprint density at radius 2 is 2.05 bits per heavy atom. The number of hydrogen-bond donors (Lipinski definition) is 0. The Morgan fingerprint density at radius 3 is 2.71 bits per heavy atom. The maximum Gasteiger partial charge on any atom is 0.263 e. The molecule has 0 fully saturated rings. The lowest BCUT2D eigenvalue weighted by Crippen LogP contribution is -2.37. The maximum atomic E-state index is 12.3.